The molecule has 1 aliphatic heterocycles. The van der Waals surface area contributed by atoms with E-state index in [0.29, 0.717) is 25.5 Å². The van der Waals surface area contributed by atoms with Crippen LogP contribution >= 0.6 is 11.8 Å². The van der Waals surface area contributed by atoms with Crippen molar-refractivity contribution in [3.63, 3.8) is 0 Å². The number of carbonyl (C=O) groups is 1. The van der Waals surface area contributed by atoms with Crippen LogP contribution < -0.4 is 9.47 Å². The molecule has 0 radical (unpaired) electrons. The van der Waals surface area contributed by atoms with Gasteiger partial charge in [0.2, 0.25) is 5.91 Å². The van der Waals surface area contributed by atoms with Crippen LogP contribution in [0.25, 0.3) is 10.8 Å². The Bertz CT molecular complexity index is 973. The van der Waals surface area contributed by atoms with Gasteiger partial charge in [0, 0.05) is 18.5 Å². The van der Waals surface area contributed by atoms with E-state index in [4.69, 9.17) is 9.47 Å². The van der Waals surface area contributed by atoms with E-state index >= 15 is 0 Å². The molecule has 3 aromatic carbocycles. The molecular formula is C22H21NO3S. The summed E-state index contributed by atoms with van der Waals surface area (Å²) in [5, 5.41) is 2.41. The summed E-state index contributed by atoms with van der Waals surface area (Å²) < 4.78 is 11.2. The molecule has 1 amide bonds. The minimum absolute atomic E-state index is 0.100. The summed E-state index contributed by atoms with van der Waals surface area (Å²) in [6, 6.07) is 20.4. The van der Waals surface area contributed by atoms with Gasteiger partial charge in [0.1, 0.15) is 13.2 Å². The van der Waals surface area contributed by atoms with Crippen molar-refractivity contribution in [2.45, 2.75) is 11.4 Å². The maximum atomic E-state index is 12.5. The molecule has 0 atom stereocenters. The average molecular weight is 379 g/mol. The van der Waals surface area contributed by atoms with E-state index in [2.05, 4.69) is 30.3 Å². The standard InChI is InChI=1S/C22H21NO3S/c1-23(14-16-6-9-20-21(12-16)26-11-10-25-20)22(24)15-27-19-8-7-17-4-2-3-5-18(17)13-19/h2-9,12-13H,10-11,14-15H2,1H3. The van der Waals surface area contributed by atoms with E-state index in [1.54, 1.807) is 16.7 Å². The number of nitrogens with zero attached hydrogens (tertiary/aromatic N) is 1. The molecule has 5 heteroatoms. The molecule has 0 saturated carbocycles. The lowest BCUT2D eigenvalue weighted by atomic mass is 10.1. The highest BCUT2D eigenvalue weighted by molar-refractivity contribution is 8.00. The first-order chi connectivity index (χ1) is 13.2. The van der Waals surface area contributed by atoms with Gasteiger partial charge in [-0.3, -0.25) is 4.79 Å². The Kier molecular flexibility index (Phi) is 5.21. The molecule has 0 spiro atoms. The fraction of sp³-hybridized carbons (Fsp3) is 0.227. The van der Waals surface area contributed by atoms with E-state index in [0.717, 1.165) is 22.0 Å². The van der Waals surface area contributed by atoms with Crippen molar-refractivity contribution >= 4 is 28.4 Å². The van der Waals surface area contributed by atoms with Crippen molar-refractivity contribution in [1.29, 1.82) is 0 Å². The summed E-state index contributed by atoms with van der Waals surface area (Å²) in [7, 11) is 1.83. The van der Waals surface area contributed by atoms with Gasteiger partial charge in [-0.15, -0.1) is 11.8 Å². The molecule has 27 heavy (non-hydrogen) atoms. The molecule has 0 fully saturated rings. The molecule has 0 aliphatic carbocycles. The Morgan fingerprint density at radius 1 is 0.963 bits per heavy atom. The molecule has 138 valence electrons. The Hall–Kier alpha value is -2.66. The quantitative estimate of drug-likeness (QED) is 0.618. The van der Waals surface area contributed by atoms with E-state index in [9.17, 15) is 4.79 Å². The van der Waals surface area contributed by atoms with Gasteiger partial charge in [-0.05, 0) is 40.6 Å². The first-order valence-corrected chi connectivity index (χ1v) is 9.92. The lowest BCUT2D eigenvalue weighted by molar-refractivity contribution is -0.127. The van der Waals surface area contributed by atoms with Crippen LogP contribution in [0.15, 0.2) is 65.6 Å². The summed E-state index contributed by atoms with van der Waals surface area (Å²) in [6.07, 6.45) is 0. The third-order valence-corrected chi connectivity index (χ3v) is 5.51. The van der Waals surface area contributed by atoms with Crippen molar-refractivity contribution in [3.05, 3.63) is 66.2 Å². The van der Waals surface area contributed by atoms with E-state index in [1.165, 1.54) is 10.8 Å². The van der Waals surface area contributed by atoms with Gasteiger partial charge in [-0.25, -0.2) is 0 Å². The monoisotopic (exact) mass is 379 g/mol. The molecule has 0 aromatic heterocycles. The van der Waals surface area contributed by atoms with Crippen molar-refractivity contribution in [2.24, 2.45) is 0 Å². The number of hydrogen-bond acceptors (Lipinski definition) is 4. The number of fused-ring (bicyclic) bond motifs is 2. The molecule has 0 N–H and O–H groups in total. The Balaban J connectivity index is 1.36. The van der Waals surface area contributed by atoms with Crippen LogP contribution in [0, 0.1) is 0 Å². The summed E-state index contributed by atoms with van der Waals surface area (Å²) >= 11 is 1.57. The lowest BCUT2D eigenvalue weighted by Crippen LogP contribution is -2.27. The van der Waals surface area contributed by atoms with E-state index in [-0.39, 0.29) is 5.91 Å². The summed E-state index contributed by atoms with van der Waals surface area (Å²) in [4.78, 5) is 15.4. The predicted molar refractivity (Wildman–Crippen MR) is 109 cm³/mol. The van der Waals surface area contributed by atoms with Crippen LogP contribution in [0.1, 0.15) is 5.56 Å². The first-order valence-electron chi connectivity index (χ1n) is 8.93. The fourth-order valence-corrected chi connectivity index (χ4v) is 3.95. The summed E-state index contributed by atoms with van der Waals surface area (Å²) in [6.45, 7) is 1.69. The number of ether oxygens (including phenoxy) is 2. The van der Waals surface area contributed by atoms with Gasteiger partial charge in [-0.2, -0.15) is 0 Å². The predicted octanol–water partition coefficient (Wildman–Crippen LogP) is 4.36. The Morgan fingerprint density at radius 2 is 1.74 bits per heavy atom. The normalized spacial score (nSPS) is 12.8. The minimum atomic E-state index is 0.100. The molecule has 1 aliphatic rings. The van der Waals surface area contributed by atoms with Crippen molar-refractivity contribution < 1.29 is 14.3 Å². The first kappa shape index (κ1) is 17.7. The number of rotatable bonds is 5. The van der Waals surface area contributed by atoms with Gasteiger partial charge in [0.05, 0.1) is 5.75 Å². The smallest absolute Gasteiger partial charge is 0.232 e. The summed E-state index contributed by atoms with van der Waals surface area (Å²) in [5.74, 6) is 2.04. The zero-order valence-corrected chi connectivity index (χ0v) is 16.0. The molecule has 3 aromatic rings. The number of hydrogen-bond donors (Lipinski definition) is 0. The highest BCUT2D eigenvalue weighted by Crippen LogP contribution is 2.31. The second kappa shape index (κ2) is 7.92. The van der Waals surface area contributed by atoms with Crippen LogP contribution in [-0.4, -0.2) is 36.8 Å². The molecule has 0 bridgehead atoms. The molecule has 0 unspecified atom stereocenters. The van der Waals surface area contributed by atoms with Crippen LogP contribution in [0.5, 0.6) is 11.5 Å². The zero-order valence-electron chi connectivity index (χ0n) is 15.2. The zero-order chi connectivity index (χ0) is 18.6. The van der Waals surface area contributed by atoms with Crippen molar-refractivity contribution in [2.75, 3.05) is 26.0 Å². The average Bonchev–Trinajstić information content (AvgIpc) is 2.71. The van der Waals surface area contributed by atoms with Gasteiger partial charge < -0.3 is 14.4 Å². The maximum absolute atomic E-state index is 12.5. The third-order valence-electron chi connectivity index (χ3n) is 4.54. The second-order valence-corrected chi connectivity index (χ2v) is 7.57. The van der Waals surface area contributed by atoms with Crippen molar-refractivity contribution in [1.82, 2.24) is 4.90 Å². The van der Waals surface area contributed by atoms with E-state index in [1.807, 2.05) is 37.4 Å². The largest absolute Gasteiger partial charge is 0.486 e. The molecule has 0 saturated heterocycles. The van der Waals surface area contributed by atoms with Gasteiger partial charge in [0.25, 0.3) is 0 Å². The Morgan fingerprint density at radius 3 is 2.59 bits per heavy atom. The number of thioether (sulfide) groups is 1. The highest BCUT2D eigenvalue weighted by Gasteiger charge is 2.14. The highest BCUT2D eigenvalue weighted by atomic mass is 32.2. The number of benzene rings is 3. The second-order valence-electron chi connectivity index (χ2n) is 6.53. The van der Waals surface area contributed by atoms with E-state index < -0.39 is 0 Å². The molecule has 1 heterocycles. The molecular weight excluding hydrogens is 358 g/mol. The lowest BCUT2D eigenvalue weighted by Gasteiger charge is -2.21. The van der Waals surface area contributed by atoms with Crippen LogP contribution in [0.4, 0.5) is 0 Å². The fourth-order valence-electron chi connectivity index (χ4n) is 3.06. The molecule has 4 rings (SSSR count). The number of carbonyl (C=O) groups excluding carboxylic acids is 1. The SMILES string of the molecule is CN(Cc1ccc2c(c1)OCCO2)C(=O)CSc1ccc2ccccc2c1. The van der Waals surface area contributed by atoms with Crippen LogP contribution in [-0.2, 0) is 11.3 Å². The van der Waals surface area contributed by atoms with Gasteiger partial charge in [0.15, 0.2) is 11.5 Å². The van der Waals surface area contributed by atoms with Crippen LogP contribution in [0.3, 0.4) is 0 Å². The van der Waals surface area contributed by atoms with Crippen LogP contribution in [0.2, 0.25) is 0 Å². The summed E-state index contributed by atoms with van der Waals surface area (Å²) in [5.41, 5.74) is 1.03. The Labute approximate surface area is 163 Å². The maximum Gasteiger partial charge on any atom is 0.232 e. The number of amides is 1. The minimum Gasteiger partial charge on any atom is -0.486 e. The topological polar surface area (TPSA) is 38.8 Å². The van der Waals surface area contributed by atoms with Gasteiger partial charge in [-0.1, -0.05) is 36.4 Å². The third kappa shape index (κ3) is 4.19. The van der Waals surface area contributed by atoms with Gasteiger partial charge >= 0.3 is 0 Å². The van der Waals surface area contributed by atoms with Crippen molar-refractivity contribution in [3.8, 4) is 11.5 Å². The molecule has 4 nitrogen and oxygen atoms in total.